The third-order valence-electron chi connectivity index (χ3n) is 3.27. The Morgan fingerprint density at radius 1 is 1.17 bits per heavy atom. The molecule has 7 heteroatoms. The van der Waals surface area contributed by atoms with Crippen molar-refractivity contribution in [1.29, 1.82) is 0 Å². The highest BCUT2D eigenvalue weighted by molar-refractivity contribution is 5.91. The fraction of sp³-hybridized carbons (Fsp3) is 0.235. The first-order chi connectivity index (χ1) is 11.5. The van der Waals surface area contributed by atoms with Crippen LogP contribution in [0.1, 0.15) is 15.9 Å². The highest BCUT2D eigenvalue weighted by atomic mass is 19.1. The van der Waals surface area contributed by atoms with Crippen molar-refractivity contribution in [3.63, 3.8) is 0 Å². The van der Waals surface area contributed by atoms with Gasteiger partial charge in [-0.3, -0.25) is 4.79 Å². The van der Waals surface area contributed by atoms with Crippen molar-refractivity contribution >= 4 is 11.9 Å². The number of ether oxygens (including phenoxy) is 2. The lowest BCUT2D eigenvalue weighted by Gasteiger charge is -2.17. The van der Waals surface area contributed by atoms with Gasteiger partial charge in [0.25, 0.3) is 5.91 Å². The van der Waals surface area contributed by atoms with Gasteiger partial charge in [0.1, 0.15) is 5.82 Å². The molecule has 0 aliphatic rings. The largest absolute Gasteiger partial charge is 0.481 e. The van der Waals surface area contributed by atoms with E-state index < -0.39 is 5.97 Å². The molecule has 126 valence electrons. The second-order valence-corrected chi connectivity index (χ2v) is 5.04. The Hall–Kier alpha value is -2.96. The lowest BCUT2D eigenvalue weighted by Crippen LogP contribution is -2.30. The average Bonchev–Trinajstić information content (AvgIpc) is 2.61. The molecule has 1 amide bonds. The van der Waals surface area contributed by atoms with E-state index in [2.05, 4.69) is 4.98 Å². The number of nitrogens with zero attached hydrogens (tertiary/aromatic N) is 2. The quantitative estimate of drug-likeness (QED) is 0.757. The van der Waals surface area contributed by atoms with E-state index in [1.165, 1.54) is 42.5 Å². The molecule has 6 nitrogen and oxygen atoms in total. The van der Waals surface area contributed by atoms with Gasteiger partial charge in [-0.25, -0.2) is 14.2 Å². The van der Waals surface area contributed by atoms with Crippen LogP contribution in [0.15, 0.2) is 42.6 Å². The summed E-state index contributed by atoms with van der Waals surface area (Å²) >= 11 is 0. The molecule has 2 rings (SSSR count). The van der Waals surface area contributed by atoms with Crippen LogP contribution in [-0.2, 0) is 16.1 Å². The van der Waals surface area contributed by atoms with Gasteiger partial charge < -0.3 is 14.4 Å². The normalized spacial score (nSPS) is 10.1. The minimum absolute atomic E-state index is 0.227. The predicted octanol–water partition coefficient (Wildman–Crippen LogP) is 2.04. The number of likely N-dealkylation sites (N-methyl/N-ethyl adjacent to an activating group) is 1. The fourth-order valence-electron chi connectivity index (χ4n) is 1.89. The number of amides is 1. The number of methoxy groups -OCH3 is 1. The number of halogens is 1. The smallest absolute Gasteiger partial charge is 0.340 e. The third kappa shape index (κ3) is 4.77. The molecule has 0 aliphatic heterocycles. The van der Waals surface area contributed by atoms with Crippen LogP contribution in [0.4, 0.5) is 4.39 Å². The second kappa shape index (κ2) is 8.05. The summed E-state index contributed by atoms with van der Waals surface area (Å²) in [5.74, 6) is -0.973. The second-order valence-electron chi connectivity index (χ2n) is 5.04. The van der Waals surface area contributed by atoms with E-state index in [0.717, 1.165) is 5.56 Å². The van der Waals surface area contributed by atoms with Gasteiger partial charge in [0.2, 0.25) is 5.88 Å². The molecule has 0 aliphatic carbocycles. The number of aromatic nitrogens is 1. The molecule has 0 spiro atoms. The highest BCUT2D eigenvalue weighted by Crippen LogP contribution is 2.09. The number of pyridine rings is 1. The van der Waals surface area contributed by atoms with Crippen molar-refractivity contribution in [2.45, 2.75) is 6.54 Å². The number of esters is 1. The molecule has 0 fully saturated rings. The summed E-state index contributed by atoms with van der Waals surface area (Å²) in [5, 5.41) is 0. The van der Waals surface area contributed by atoms with E-state index in [0.29, 0.717) is 12.4 Å². The zero-order chi connectivity index (χ0) is 17.5. The Labute approximate surface area is 138 Å². The zero-order valence-corrected chi connectivity index (χ0v) is 13.4. The van der Waals surface area contributed by atoms with Crippen molar-refractivity contribution in [3.05, 3.63) is 59.5 Å². The summed E-state index contributed by atoms with van der Waals surface area (Å²) < 4.78 is 22.7. The first-order valence-electron chi connectivity index (χ1n) is 7.15. The molecule has 0 saturated carbocycles. The number of benzene rings is 1. The maximum Gasteiger partial charge on any atom is 0.340 e. The molecule has 0 bridgehead atoms. The topological polar surface area (TPSA) is 68.7 Å². The van der Waals surface area contributed by atoms with Gasteiger partial charge in [0.05, 0.1) is 12.7 Å². The maximum atomic E-state index is 12.9. The number of carbonyl (C=O) groups is 2. The summed E-state index contributed by atoms with van der Waals surface area (Å²) in [5.41, 5.74) is 1.00. The maximum absolute atomic E-state index is 12.9. The number of rotatable bonds is 6. The third-order valence-corrected chi connectivity index (χ3v) is 3.27. The van der Waals surface area contributed by atoms with Crippen LogP contribution in [0.2, 0.25) is 0 Å². The Balaban J connectivity index is 1.84. The van der Waals surface area contributed by atoms with Crippen LogP contribution in [0.5, 0.6) is 5.88 Å². The van der Waals surface area contributed by atoms with E-state index in [1.54, 1.807) is 19.2 Å². The van der Waals surface area contributed by atoms with Crippen LogP contribution in [0, 0.1) is 5.82 Å². The number of hydrogen-bond donors (Lipinski definition) is 0. The summed E-state index contributed by atoms with van der Waals surface area (Å²) in [4.78, 5) is 29.1. The molecular weight excluding hydrogens is 315 g/mol. The molecule has 0 radical (unpaired) electrons. The van der Waals surface area contributed by atoms with Gasteiger partial charge in [-0.15, -0.1) is 0 Å². The lowest BCUT2D eigenvalue weighted by molar-refractivity contribution is -0.133. The van der Waals surface area contributed by atoms with Crippen LogP contribution in [0.3, 0.4) is 0 Å². The molecule has 0 N–H and O–H groups in total. The molecule has 0 unspecified atom stereocenters. The standard InChI is InChI=1S/C17H17FN2O4/c1-20(10-12-3-6-14(18)7-4-12)16(21)11-24-17(22)13-5-8-15(23-2)19-9-13/h3-9H,10-11H2,1-2H3. The molecule has 1 heterocycles. The first kappa shape index (κ1) is 17.4. The van der Waals surface area contributed by atoms with E-state index >= 15 is 0 Å². The van der Waals surface area contributed by atoms with Crippen molar-refractivity contribution in [3.8, 4) is 5.88 Å². The lowest BCUT2D eigenvalue weighted by atomic mass is 10.2. The zero-order valence-electron chi connectivity index (χ0n) is 13.4. The molecule has 24 heavy (non-hydrogen) atoms. The van der Waals surface area contributed by atoms with Gasteiger partial charge in [0.15, 0.2) is 6.61 Å². The summed E-state index contributed by atoms with van der Waals surface area (Å²) in [7, 11) is 3.05. The van der Waals surface area contributed by atoms with Crippen LogP contribution >= 0.6 is 0 Å². The Kier molecular flexibility index (Phi) is 5.83. The van der Waals surface area contributed by atoms with Crippen LogP contribution in [0.25, 0.3) is 0 Å². The SMILES string of the molecule is COc1ccc(C(=O)OCC(=O)N(C)Cc2ccc(F)cc2)cn1. The van der Waals surface area contributed by atoms with Gasteiger partial charge in [-0.2, -0.15) is 0 Å². The number of hydrogen-bond acceptors (Lipinski definition) is 5. The Morgan fingerprint density at radius 2 is 1.88 bits per heavy atom. The molecule has 2 aromatic rings. The molecular formula is C17H17FN2O4. The predicted molar refractivity (Wildman–Crippen MR) is 83.9 cm³/mol. The Morgan fingerprint density at radius 3 is 2.46 bits per heavy atom. The van der Waals surface area contributed by atoms with E-state index in [-0.39, 0.29) is 23.9 Å². The monoisotopic (exact) mass is 332 g/mol. The van der Waals surface area contributed by atoms with Gasteiger partial charge in [0, 0.05) is 25.9 Å². The Bertz CT molecular complexity index is 702. The van der Waals surface area contributed by atoms with Crippen molar-refractivity contribution in [1.82, 2.24) is 9.88 Å². The van der Waals surface area contributed by atoms with Crippen molar-refractivity contribution < 1.29 is 23.5 Å². The summed E-state index contributed by atoms with van der Waals surface area (Å²) in [6, 6.07) is 8.86. The summed E-state index contributed by atoms with van der Waals surface area (Å²) in [6.07, 6.45) is 1.31. The fourth-order valence-corrected chi connectivity index (χ4v) is 1.89. The van der Waals surface area contributed by atoms with Crippen molar-refractivity contribution in [2.24, 2.45) is 0 Å². The molecule has 0 saturated heterocycles. The van der Waals surface area contributed by atoms with Gasteiger partial charge >= 0.3 is 5.97 Å². The van der Waals surface area contributed by atoms with Crippen molar-refractivity contribution in [2.75, 3.05) is 20.8 Å². The van der Waals surface area contributed by atoms with E-state index in [1.807, 2.05) is 0 Å². The van der Waals surface area contributed by atoms with E-state index in [9.17, 15) is 14.0 Å². The van der Waals surface area contributed by atoms with Gasteiger partial charge in [-0.05, 0) is 23.8 Å². The van der Waals surface area contributed by atoms with Crippen LogP contribution in [-0.4, -0.2) is 42.5 Å². The van der Waals surface area contributed by atoms with Crippen LogP contribution < -0.4 is 4.74 Å². The minimum Gasteiger partial charge on any atom is -0.481 e. The van der Waals surface area contributed by atoms with Gasteiger partial charge in [-0.1, -0.05) is 12.1 Å². The molecule has 1 aromatic heterocycles. The summed E-state index contributed by atoms with van der Waals surface area (Å²) in [6.45, 7) is -0.0939. The minimum atomic E-state index is -0.645. The van der Waals surface area contributed by atoms with E-state index in [4.69, 9.17) is 9.47 Å². The molecule has 1 aromatic carbocycles. The first-order valence-corrected chi connectivity index (χ1v) is 7.15. The highest BCUT2D eigenvalue weighted by Gasteiger charge is 2.14. The number of carbonyl (C=O) groups excluding carboxylic acids is 2. The molecule has 0 atom stereocenters. The average molecular weight is 332 g/mol.